The summed E-state index contributed by atoms with van der Waals surface area (Å²) < 4.78 is 0. The highest BCUT2D eigenvalue weighted by Crippen LogP contribution is 2.16. The highest BCUT2D eigenvalue weighted by Gasteiger charge is 2.00. The zero-order chi connectivity index (χ0) is 9.68. The van der Waals surface area contributed by atoms with Crippen molar-refractivity contribution < 1.29 is 0 Å². The molecule has 0 aliphatic carbocycles. The lowest BCUT2D eigenvalue weighted by atomic mass is 10.6. The van der Waals surface area contributed by atoms with Crippen molar-refractivity contribution in [1.29, 1.82) is 0 Å². The Balaban J connectivity index is 2.87. The maximum absolute atomic E-state index is 5.75. The number of hydrogen-bond donors (Lipinski definition) is 1. The Morgan fingerprint density at radius 3 is 3.00 bits per heavy atom. The van der Waals surface area contributed by atoms with Crippen LogP contribution in [0.1, 0.15) is 6.92 Å². The van der Waals surface area contributed by atoms with E-state index in [2.05, 4.69) is 20.5 Å². The van der Waals surface area contributed by atoms with Crippen LogP contribution in [0.15, 0.2) is 16.3 Å². The van der Waals surface area contributed by atoms with Gasteiger partial charge in [0.2, 0.25) is 0 Å². The van der Waals surface area contributed by atoms with Gasteiger partial charge in [0.05, 0.1) is 0 Å². The highest BCUT2D eigenvalue weighted by atomic mass is 35.5. The molecule has 4 nitrogen and oxygen atoms in total. The molecule has 70 valence electrons. The van der Waals surface area contributed by atoms with Gasteiger partial charge in [0.25, 0.3) is 0 Å². The van der Waals surface area contributed by atoms with Crippen LogP contribution in [0.5, 0.6) is 0 Å². The number of aromatic nitrogens is 2. The average Bonchev–Trinajstić information content (AvgIpc) is 2.14. The molecular weight excluding hydrogens is 208 g/mol. The molecule has 0 saturated carbocycles. The van der Waals surface area contributed by atoms with E-state index in [4.69, 9.17) is 11.6 Å². The Labute approximate surface area is 85.8 Å². The summed E-state index contributed by atoms with van der Waals surface area (Å²) in [5.41, 5.74) is 2.73. The first-order valence-corrected chi connectivity index (χ1v) is 5.18. The van der Waals surface area contributed by atoms with E-state index in [-0.39, 0.29) is 0 Å². The van der Waals surface area contributed by atoms with E-state index in [1.54, 1.807) is 12.3 Å². The summed E-state index contributed by atoms with van der Waals surface area (Å²) >= 11 is 7.18. The number of thioether (sulfide) groups is 1. The fourth-order valence-electron chi connectivity index (χ4n) is 0.676. The molecule has 0 aliphatic heterocycles. The van der Waals surface area contributed by atoms with Crippen LogP contribution in [0.25, 0.3) is 0 Å². The number of rotatable bonds is 3. The van der Waals surface area contributed by atoms with E-state index < -0.39 is 0 Å². The van der Waals surface area contributed by atoms with Gasteiger partial charge in [0, 0.05) is 12.3 Å². The Morgan fingerprint density at radius 1 is 1.62 bits per heavy atom. The normalized spacial score (nSPS) is 10.7. The van der Waals surface area contributed by atoms with Crippen molar-refractivity contribution in [2.75, 3.05) is 11.7 Å². The Morgan fingerprint density at radius 2 is 2.38 bits per heavy atom. The van der Waals surface area contributed by atoms with Gasteiger partial charge in [-0.2, -0.15) is 5.10 Å². The van der Waals surface area contributed by atoms with Gasteiger partial charge in [0.15, 0.2) is 11.0 Å². The van der Waals surface area contributed by atoms with E-state index in [1.165, 1.54) is 11.8 Å². The smallest absolute Gasteiger partial charge is 0.190 e. The second-order valence-electron chi connectivity index (χ2n) is 2.06. The second kappa shape index (κ2) is 5.04. The average molecular weight is 217 g/mol. The minimum Gasteiger partial charge on any atom is -0.262 e. The minimum atomic E-state index is 0.410. The lowest BCUT2D eigenvalue weighted by molar-refractivity contribution is 0.967. The van der Waals surface area contributed by atoms with Crippen LogP contribution in [-0.4, -0.2) is 22.4 Å². The van der Waals surface area contributed by atoms with Gasteiger partial charge < -0.3 is 0 Å². The van der Waals surface area contributed by atoms with Crippen LogP contribution >= 0.6 is 23.4 Å². The van der Waals surface area contributed by atoms with Crippen LogP contribution in [-0.2, 0) is 0 Å². The summed E-state index contributed by atoms with van der Waals surface area (Å²) in [6.07, 6.45) is 3.52. The Hall–Kier alpha value is -0.810. The maximum Gasteiger partial charge on any atom is 0.190 e. The summed E-state index contributed by atoms with van der Waals surface area (Å²) in [5.74, 6) is 0.599. The SMILES string of the molecule is C/C=N\Nc1cc(Cl)nc(SC)n1. The van der Waals surface area contributed by atoms with Crippen molar-refractivity contribution in [3.05, 3.63) is 11.2 Å². The standard InChI is InChI=1S/C7H9ClN4S/c1-3-9-12-6-4-5(8)10-7(11-6)13-2/h3-4H,1-2H3,(H,10,11,12)/b9-3-. The lowest BCUT2D eigenvalue weighted by Gasteiger charge is -2.01. The summed E-state index contributed by atoms with van der Waals surface area (Å²) in [6, 6.07) is 1.62. The van der Waals surface area contributed by atoms with Crippen molar-refractivity contribution in [2.24, 2.45) is 5.10 Å². The van der Waals surface area contributed by atoms with Gasteiger partial charge >= 0.3 is 0 Å². The zero-order valence-electron chi connectivity index (χ0n) is 7.28. The van der Waals surface area contributed by atoms with Crippen molar-refractivity contribution >= 4 is 35.4 Å². The third kappa shape index (κ3) is 3.20. The summed E-state index contributed by atoms with van der Waals surface area (Å²) in [6.45, 7) is 1.81. The van der Waals surface area contributed by atoms with Crippen molar-refractivity contribution in [2.45, 2.75) is 12.1 Å². The third-order valence-electron chi connectivity index (χ3n) is 1.17. The second-order valence-corrected chi connectivity index (χ2v) is 3.22. The number of anilines is 1. The molecule has 0 saturated heterocycles. The first kappa shape index (κ1) is 10.3. The van der Waals surface area contributed by atoms with E-state index >= 15 is 0 Å². The molecule has 1 N–H and O–H groups in total. The van der Waals surface area contributed by atoms with E-state index in [0.717, 1.165) is 0 Å². The van der Waals surface area contributed by atoms with Gasteiger partial charge in [-0.1, -0.05) is 23.4 Å². The highest BCUT2D eigenvalue weighted by molar-refractivity contribution is 7.98. The van der Waals surface area contributed by atoms with Crippen LogP contribution in [0.4, 0.5) is 5.82 Å². The quantitative estimate of drug-likeness (QED) is 0.277. The first-order valence-electron chi connectivity index (χ1n) is 3.58. The van der Waals surface area contributed by atoms with Crippen molar-refractivity contribution in [3.63, 3.8) is 0 Å². The van der Waals surface area contributed by atoms with Gasteiger partial charge in [-0.15, -0.1) is 0 Å². The fraction of sp³-hybridized carbons (Fsp3) is 0.286. The molecular formula is C7H9ClN4S. The number of halogens is 1. The van der Waals surface area contributed by atoms with Gasteiger partial charge in [-0.3, -0.25) is 5.43 Å². The molecule has 1 rings (SSSR count). The number of hydrazone groups is 1. The monoisotopic (exact) mass is 216 g/mol. The molecule has 1 heterocycles. The molecule has 0 aromatic carbocycles. The van der Waals surface area contributed by atoms with E-state index in [9.17, 15) is 0 Å². The molecule has 0 bridgehead atoms. The summed E-state index contributed by atoms with van der Waals surface area (Å²) in [7, 11) is 0. The molecule has 0 amide bonds. The molecule has 0 fully saturated rings. The van der Waals surface area contributed by atoms with Crippen LogP contribution < -0.4 is 5.43 Å². The Bertz CT molecular complexity index is 315. The van der Waals surface area contributed by atoms with E-state index in [1.807, 2.05) is 13.2 Å². The summed E-state index contributed by atoms with van der Waals surface area (Å²) in [5, 5.41) is 4.86. The largest absolute Gasteiger partial charge is 0.262 e. The maximum atomic E-state index is 5.75. The molecule has 0 radical (unpaired) electrons. The number of hydrogen-bond acceptors (Lipinski definition) is 5. The van der Waals surface area contributed by atoms with Crippen LogP contribution in [0.3, 0.4) is 0 Å². The summed E-state index contributed by atoms with van der Waals surface area (Å²) in [4.78, 5) is 8.12. The third-order valence-corrected chi connectivity index (χ3v) is 1.91. The topological polar surface area (TPSA) is 50.2 Å². The van der Waals surface area contributed by atoms with Crippen LogP contribution in [0, 0.1) is 0 Å². The van der Waals surface area contributed by atoms with Gasteiger partial charge in [-0.05, 0) is 13.2 Å². The predicted molar refractivity (Wildman–Crippen MR) is 56.6 cm³/mol. The fourth-order valence-corrected chi connectivity index (χ4v) is 1.29. The lowest BCUT2D eigenvalue weighted by Crippen LogP contribution is -1.95. The molecule has 6 heteroatoms. The molecule has 0 aliphatic rings. The molecule has 0 unspecified atom stereocenters. The molecule has 0 spiro atoms. The molecule has 0 atom stereocenters. The first-order chi connectivity index (χ1) is 6.26. The van der Waals surface area contributed by atoms with E-state index in [0.29, 0.717) is 16.1 Å². The Kier molecular flexibility index (Phi) is 3.98. The zero-order valence-corrected chi connectivity index (χ0v) is 8.85. The number of nitrogens with one attached hydrogen (secondary N) is 1. The number of nitrogens with zero attached hydrogens (tertiary/aromatic N) is 3. The van der Waals surface area contributed by atoms with Crippen LogP contribution in [0.2, 0.25) is 5.15 Å². The van der Waals surface area contributed by atoms with Gasteiger partial charge in [0.1, 0.15) is 5.15 Å². The minimum absolute atomic E-state index is 0.410. The molecule has 13 heavy (non-hydrogen) atoms. The predicted octanol–water partition coefficient (Wildman–Crippen LogP) is 2.27. The molecule has 1 aromatic heterocycles. The van der Waals surface area contributed by atoms with Gasteiger partial charge in [-0.25, -0.2) is 9.97 Å². The van der Waals surface area contributed by atoms with Crippen molar-refractivity contribution in [3.8, 4) is 0 Å². The van der Waals surface area contributed by atoms with Crippen molar-refractivity contribution in [1.82, 2.24) is 9.97 Å². The molecule has 1 aromatic rings.